The molecule has 1 aromatic heterocycles. The normalized spacial score (nSPS) is 21.3. The molecule has 80 valence electrons. The minimum atomic E-state index is 0.0178. The summed E-state index contributed by atoms with van der Waals surface area (Å²) in [6.07, 6.45) is 3.50. The van der Waals surface area contributed by atoms with E-state index in [1.54, 1.807) is 16.8 Å². The molecule has 5 heteroatoms. The molecule has 0 bridgehead atoms. The van der Waals surface area contributed by atoms with Crippen molar-refractivity contribution in [3.05, 3.63) is 23.2 Å². The molecule has 0 spiro atoms. The maximum absolute atomic E-state index is 11.5. The van der Waals surface area contributed by atoms with Crippen LogP contribution in [-0.2, 0) is 4.79 Å². The number of likely N-dealkylation sites (tertiary alicyclic amines) is 1. The molecule has 2 heterocycles. The Labute approximate surface area is 92.6 Å². The lowest BCUT2D eigenvalue weighted by atomic mass is 9.99. The van der Waals surface area contributed by atoms with Crippen LogP contribution in [0.4, 0.5) is 0 Å². The summed E-state index contributed by atoms with van der Waals surface area (Å²) in [7, 11) is 0. The van der Waals surface area contributed by atoms with Crippen molar-refractivity contribution in [1.29, 1.82) is 0 Å². The molecule has 1 aliphatic heterocycles. The zero-order valence-corrected chi connectivity index (χ0v) is 9.24. The first-order valence-corrected chi connectivity index (χ1v) is 5.86. The van der Waals surface area contributed by atoms with Crippen LogP contribution in [0.15, 0.2) is 18.2 Å². The van der Waals surface area contributed by atoms with E-state index >= 15 is 0 Å². The molecular weight excluding hydrogens is 210 g/mol. The lowest BCUT2D eigenvalue weighted by molar-refractivity contribution is -0.127. The van der Waals surface area contributed by atoms with Crippen LogP contribution in [0, 0.1) is 0 Å². The molecule has 15 heavy (non-hydrogen) atoms. The summed E-state index contributed by atoms with van der Waals surface area (Å²) in [6, 6.07) is 0. The van der Waals surface area contributed by atoms with E-state index in [1.165, 1.54) is 6.08 Å². The number of hydrogen-bond acceptors (Lipinski definition) is 4. The van der Waals surface area contributed by atoms with Crippen molar-refractivity contribution in [2.24, 2.45) is 0 Å². The Bertz CT molecular complexity index is 350. The van der Waals surface area contributed by atoms with E-state index < -0.39 is 0 Å². The smallest absolute Gasteiger partial charge is 0.245 e. The number of nitrogens with zero attached hydrogens (tertiary/aromatic N) is 3. The molecule has 1 aliphatic rings. The Hall–Kier alpha value is -1.23. The van der Waals surface area contributed by atoms with Crippen molar-refractivity contribution in [2.45, 2.75) is 18.8 Å². The maximum atomic E-state index is 11.5. The highest BCUT2D eigenvalue weighted by Gasteiger charge is 2.25. The Morgan fingerprint density at radius 3 is 3.27 bits per heavy atom. The van der Waals surface area contributed by atoms with Gasteiger partial charge in [-0.1, -0.05) is 6.58 Å². The SMILES string of the molecule is C=CC(=O)N1CCCC(c2nncs2)C1. The second kappa shape index (κ2) is 4.53. The highest BCUT2D eigenvalue weighted by Crippen LogP contribution is 2.27. The molecule has 0 aromatic carbocycles. The molecule has 1 atom stereocenters. The summed E-state index contributed by atoms with van der Waals surface area (Å²) in [5.74, 6) is 0.374. The standard InChI is InChI=1S/C10H13N3OS/c1-2-9(14)13-5-3-4-8(6-13)10-12-11-7-15-10/h2,7-8H,1,3-6H2. The van der Waals surface area contributed by atoms with Gasteiger partial charge >= 0.3 is 0 Å². The Kier molecular flexibility index (Phi) is 3.11. The summed E-state index contributed by atoms with van der Waals surface area (Å²) in [5.41, 5.74) is 1.74. The predicted octanol–water partition coefficient (Wildman–Crippen LogP) is 1.43. The van der Waals surface area contributed by atoms with Crippen molar-refractivity contribution in [3.8, 4) is 0 Å². The minimum Gasteiger partial charge on any atom is -0.338 e. The zero-order valence-electron chi connectivity index (χ0n) is 8.43. The summed E-state index contributed by atoms with van der Waals surface area (Å²) in [6.45, 7) is 5.09. The van der Waals surface area contributed by atoms with Crippen LogP contribution in [0.25, 0.3) is 0 Å². The van der Waals surface area contributed by atoms with Gasteiger partial charge in [-0.3, -0.25) is 4.79 Å². The molecule has 0 N–H and O–H groups in total. The first-order chi connectivity index (χ1) is 7.31. The van der Waals surface area contributed by atoms with Crippen molar-refractivity contribution < 1.29 is 4.79 Å². The second-order valence-corrected chi connectivity index (χ2v) is 4.47. The lowest BCUT2D eigenvalue weighted by Gasteiger charge is -2.30. The van der Waals surface area contributed by atoms with Crippen LogP contribution in [-0.4, -0.2) is 34.1 Å². The summed E-state index contributed by atoms with van der Waals surface area (Å²) >= 11 is 1.56. The van der Waals surface area contributed by atoms with Crippen molar-refractivity contribution >= 4 is 17.2 Å². The van der Waals surface area contributed by atoms with Crippen LogP contribution >= 0.6 is 11.3 Å². The molecule has 0 aliphatic carbocycles. The number of aromatic nitrogens is 2. The van der Waals surface area contributed by atoms with Gasteiger partial charge in [0.05, 0.1) is 0 Å². The van der Waals surface area contributed by atoms with Gasteiger partial charge in [0, 0.05) is 19.0 Å². The molecule has 1 unspecified atom stereocenters. The third kappa shape index (κ3) is 2.23. The van der Waals surface area contributed by atoms with Crippen LogP contribution in [0.2, 0.25) is 0 Å². The fraction of sp³-hybridized carbons (Fsp3) is 0.500. The van der Waals surface area contributed by atoms with E-state index in [2.05, 4.69) is 16.8 Å². The van der Waals surface area contributed by atoms with E-state index in [1.807, 2.05) is 4.90 Å². The maximum Gasteiger partial charge on any atom is 0.245 e. The summed E-state index contributed by atoms with van der Waals surface area (Å²) < 4.78 is 0. The Balaban J connectivity index is 2.04. The van der Waals surface area contributed by atoms with Crippen LogP contribution in [0.5, 0.6) is 0 Å². The van der Waals surface area contributed by atoms with Gasteiger partial charge < -0.3 is 4.90 Å². The van der Waals surface area contributed by atoms with Gasteiger partial charge in [0.15, 0.2) is 0 Å². The fourth-order valence-electron chi connectivity index (χ4n) is 1.87. The van der Waals surface area contributed by atoms with Gasteiger partial charge in [-0.2, -0.15) is 0 Å². The molecule has 1 fully saturated rings. The lowest BCUT2D eigenvalue weighted by Crippen LogP contribution is -2.38. The van der Waals surface area contributed by atoms with Gasteiger partial charge in [-0.15, -0.1) is 21.5 Å². The third-order valence-electron chi connectivity index (χ3n) is 2.63. The van der Waals surface area contributed by atoms with Gasteiger partial charge in [0.2, 0.25) is 5.91 Å². The minimum absolute atomic E-state index is 0.0178. The van der Waals surface area contributed by atoms with E-state index in [9.17, 15) is 4.79 Å². The molecule has 1 aromatic rings. The third-order valence-corrected chi connectivity index (χ3v) is 3.49. The number of amides is 1. The monoisotopic (exact) mass is 223 g/mol. The highest BCUT2D eigenvalue weighted by molar-refractivity contribution is 7.09. The van der Waals surface area contributed by atoms with Crippen LogP contribution < -0.4 is 0 Å². The number of rotatable bonds is 2. The molecule has 4 nitrogen and oxygen atoms in total. The summed E-state index contributed by atoms with van der Waals surface area (Å²) in [4.78, 5) is 13.3. The average molecular weight is 223 g/mol. The molecule has 1 saturated heterocycles. The first kappa shape index (κ1) is 10.3. The first-order valence-electron chi connectivity index (χ1n) is 4.98. The highest BCUT2D eigenvalue weighted by atomic mass is 32.1. The van der Waals surface area contributed by atoms with Gasteiger partial charge in [0.1, 0.15) is 10.5 Å². The van der Waals surface area contributed by atoms with Gasteiger partial charge in [-0.25, -0.2) is 0 Å². The Morgan fingerprint density at radius 2 is 2.60 bits per heavy atom. The zero-order chi connectivity index (χ0) is 10.7. The molecular formula is C10H13N3OS. The van der Waals surface area contributed by atoms with Crippen LogP contribution in [0.1, 0.15) is 23.8 Å². The molecule has 2 rings (SSSR count). The largest absolute Gasteiger partial charge is 0.338 e. The number of piperidine rings is 1. The summed E-state index contributed by atoms with van der Waals surface area (Å²) in [5, 5.41) is 8.94. The second-order valence-electron chi connectivity index (χ2n) is 3.60. The van der Waals surface area contributed by atoms with Crippen molar-refractivity contribution in [1.82, 2.24) is 15.1 Å². The number of carbonyl (C=O) groups is 1. The Morgan fingerprint density at radius 1 is 1.73 bits per heavy atom. The van der Waals surface area contributed by atoms with Crippen molar-refractivity contribution in [3.63, 3.8) is 0 Å². The molecule has 0 radical (unpaired) electrons. The number of hydrogen-bond donors (Lipinski definition) is 0. The van der Waals surface area contributed by atoms with E-state index in [4.69, 9.17) is 0 Å². The van der Waals surface area contributed by atoms with Crippen molar-refractivity contribution in [2.75, 3.05) is 13.1 Å². The van der Waals surface area contributed by atoms with E-state index in [-0.39, 0.29) is 5.91 Å². The fourth-order valence-corrected chi connectivity index (χ4v) is 2.55. The van der Waals surface area contributed by atoms with Gasteiger partial charge in [0.25, 0.3) is 0 Å². The topological polar surface area (TPSA) is 46.1 Å². The van der Waals surface area contributed by atoms with E-state index in [0.717, 1.165) is 30.9 Å². The van der Waals surface area contributed by atoms with Gasteiger partial charge in [-0.05, 0) is 18.9 Å². The quantitative estimate of drug-likeness (QED) is 0.712. The number of carbonyl (C=O) groups excluding carboxylic acids is 1. The average Bonchev–Trinajstić information content (AvgIpc) is 2.82. The van der Waals surface area contributed by atoms with Crippen LogP contribution in [0.3, 0.4) is 0 Å². The molecule has 1 amide bonds. The predicted molar refractivity (Wildman–Crippen MR) is 58.7 cm³/mol. The van der Waals surface area contributed by atoms with E-state index in [0.29, 0.717) is 5.92 Å². The molecule has 0 saturated carbocycles.